The van der Waals surface area contributed by atoms with Crippen LogP contribution in [0.5, 0.6) is 0 Å². The molecule has 0 radical (unpaired) electrons. The number of hydrogen-bond donors (Lipinski definition) is 0. The van der Waals surface area contributed by atoms with Crippen molar-refractivity contribution < 1.29 is 24.3 Å². The minimum Gasteiger partial charge on any atom is -0.465 e. The Hall–Kier alpha value is -3.22. The average molecular weight is 357 g/mol. The van der Waals surface area contributed by atoms with Gasteiger partial charge in [0.25, 0.3) is 5.09 Å². The van der Waals surface area contributed by atoms with Crippen LogP contribution in [-0.2, 0) is 27.2 Å². The maximum Gasteiger partial charge on any atom is 0.310 e. The van der Waals surface area contributed by atoms with E-state index in [0.717, 1.165) is 11.1 Å². The largest absolute Gasteiger partial charge is 0.465 e. The van der Waals surface area contributed by atoms with E-state index in [2.05, 4.69) is 4.84 Å². The second kappa shape index (κ2) is 9.93. The normalized spacial score (nSPS) is 10.2. The number of benzene rings is 2. The first-order valence-electron chi connectivity index (χ1n) is 8.14. The third-order valence-corrected chi connectivity index (χ3v) is 3.65. The van der Waals surface area contributed by atoms with Crippen LogP contribution in [0, 0.1) is 10.1 Å². The first kappa shape index (κ1) is 19.1. The Labute approximate surface area is 150 Å². The van der Waals surface area contributed by atoms with Crippen LogP contribution in [0.15, 0.2) is 54.6 Å². The number of ketones is 1. The van der Waals surface area contributed by atoms with Gasteiger partial charge in [-0.05, 0) is 11.1 Å². The quantitative estimate of drug-likeness (QED) is 0.213. The van der Waals surface area contributed by atoms with Gasteiger partial charge in [0.1, 0.15) is 0 Å². The molecule has 0 atom stereocenters. The van der Waals surface area contributed by atoms with Crippen molar-refractivity contribution in [2.45, 2.75) is 19.3 Å². The van der Waals surface area contributed by atoms with Crippen molar-refractivity contribution in [3.63, 3.8) is 0 Å². The summed E-state index contributed by atoms with van der Waals surface area (Å²) in [5, 5.41) is 9.13. The molecule has 0 aromatic heterocycles. The monoisotopic (exact) mass is 357 g/mol. The van der Waals surface area contributed by atoms with Crippen LogP contribution >= 0.6 is 0 Å². The summed E-state index contributed by atoms with van der Waals surface area (Å²) in [6, 6.07) is 16.2. The van der Waals surface area contributed by atoms with Gasteiger partial charge in [-0.15, -0.1) is 10.1 Å². The first-order valence-corrected chi connectivity index (χ1v) is 8.14. The molecule has 0 aliphatic heterocycles. The minimum absolute atomic E-state index is 0.0247. The summed E-state index contributed by atoms with van der Waals surface area (Å²) in [5.41, 5.74) is 2.12. The summed E-state index contributed by atoms with van der Waals surface area (Å²) >= 11 is 0. The van der Waals surface area contributed by atoms with E-state index in [9.17, 15) is 19.7 Å². The molecule has 0 aliphatic carbocycles. The number of esters is 1. The van der Waals surface area contributed by atoms with Gasteiger partial charge < -0.3 is 9.57 Å². The molecule has 0 saturated heterocycles. The van der Waals surface area contributed by atoms with Crippen LogP contribution in [0.4, 0.5) is 0 Å². The zero-order valence-corrected chi connectivity index (χ0v) is 14.1. The molecule has 0 fully saturated rings. The second-order valence-electron chi connectivity index (χ2n) is 5.54. The van der Waals surface area contributed by atoms with E-state index < -0.39 is 11.1 Å². The van der Waals surface area contributed by atoms with Gasteiger partial charge >= 0.3 is 5.97 Å². The topological polar surface area (TPSA) is 95.7 Å². The number of nitrogens with zero attached hydrogens (tertiary/aromatic N) is 1. The van der Waals surface area contributed by atoms with Gasteiger partial charge in [0.05, 0.1) is 19.6 Å². The number of hydrogen-bond acceptors (Lipinski definition) is 6. The highest BCUT2D eigenvalue weighted by atomic mass is 16.9. The molecule has 0 unspecified atom stereocenters. The fourth-order valence-electron chi connectivity index (χ4n) is 2.39. The van der Waals surface area contributed by atoms with Gasteiger partial charge in [-0.3, -0.25) is 9.59 Å². The molecule has 0 aliphatic rings. The summed E-state index contributed by atoms with van der Waals surface area (Å²) in [7, 11) is 0. The van der Waals surface area contributed by atoms with Crippen LogP contribution in [0.2, 0.25) is 0 Å². The molecule has 0 N–H and O–H groups in total. The van der Waals surface area contributed by atoms with Crippen LogP contribution in [0.3, 0.4) is 0 Å². The molecule has 0 saturated carbocycles. The van der Waals surface area contributed by atoms with E-state index in [1.807, 2.05) is 18.2 Å². The molecule has 2 aromatic rings. The number of ether oxygens (including phenoxy) is 1. The van der Waals surface area contributed by atoms with Crippen LogP contribution in [0.25, 0.3) is 0 Å². The molecule has 7 heteroatoms. The number of carbonyl (C=O) groups is 2. The fourth-order valence-corrected chi connectivity index (χ4v) is 2.39. The van der Waals surface area contributed by atoms with Crippen molar-refractivity contribution in [1.82, 2.24) is 0 Å². The first-order chi connectivity index (χ1) is 12.6. The van der Waals surface area contributed by atoms with E-state index in [-0.39, 0.29) is 38.3 Å². The van der Waals surface area contributed by atoms with Crippen molar-refractivity contribution in [2.24, 2.45) is 0 Å². The molecular formula is C19H19NO6. The van der Waals surface area contributed by atoms with Gasteiger partial charge in [-0.1, -0.05) is 54.6 Å². The van der Waals surface area contributed by atoms with Gasteiger partial charge in [0, 0.05) is 18.4 Å². The SMILES string of the molecule is O=C(Cc1ccccc1CC(=O)c1ccccc1)OCCCO[N+](=O)[O-]. The number of rotatable bonds is 10. The number of carbonyl (C=O) groups excluding carboxylic acids is 2. The third-order valence-electron chi connectivity index (χ3n) is 3.65. The smallest absolute Gasteiger partial charge is 0.310 e. The van der Waals surface area contributed by atoms with Crippen LogP contribution < -0.4 is 0 Å². The predicted octanol–water partition coefficient (Wildman–Crippen LogP) is 2.80. The molecule has 0 bridgehead atoms. The molecule has 7 nitrogen and oxygen atoms in total. The van der Waals surface area contributed by atoms with E-state index in [1.165, 1.54) is 0 Å². The zero-order chi connectivity index (χ0) is 18.8. The van der Waals surface area contributed by atoms with Crippen molar-refractivity contribution in [3.05, 3.63) is 81.4 Å². The summed E-state index contributed by atoms with van der Waals surface area (Å²) in [5.74, 6) is -0.478. The van der Waals surface area contributed by atoms with Gasteiger partial charge in [0.2, 0.25) is 0 Å². The molecule has 26 heavy (non-hydrogen) atoms. The third kappa shape index (κ3) is 6.35. The molecule has 0 heterocycles. The molecule has 2 rings (SSSR count). The fraction of sp³-hybridized carbons (Fsp3) is 0.263. The maximum atomic E-state index is 12.4. The lowest BCUT2D eigenvalue weighted by molar-refractivity contribution is -0.757. The van der Waals surface area contributed by atoms with E-state index in [4.69, 9.17) is 4.74 Å². The maximum absolute atomic E-state index is 12.4. The Morgan fingerprint density at radius 1 is 0.885 bits per heavy atom. The molecule has 2 aromatic carbocycles. The molecule has 0 spiro atoms. The highest BCUT2D eigenvalue weighted by Gasteiger charge is 2.13. The lowest BCUT2D eigenvalue weighted by atomic mass is 9.97. The van der Waals surface area contributed by atoms with Crippen LogP contribution in [-0.4, -0.2) is 30.1 Å². The van der Waals surface area contributed by atoms with E-state index in [1.54, 1.807) is 36.4 Å². The summed E-state index contributed by atoms with van der Waals surface area (Å²) in [4.78, 5) is 38.5. The Morgan fingerprint density at radius 3 is 2.15 bits per heavy atom. The summed E-state index contributed by atoms with van der Waals surface area (Å²) < 4.78 is 5.05. The van der Waals surface area contributed by atoms with Crippen LogP contribution in [0.1, 0.15) is 27.9 Å². The minimum atomic E-state index is -0.887. The van der Waals surface area contributed by atoms with Gasteiger partial charge in [-0.2, -0.15) is 0 Å². The van der Waals surface area contributed by atoms with Gasteiger partial charge in [0.15, 0.2) is 5.78 Å². The standard InChI is InChI=1S/C19H19NO6/c21-18(15-7-2-1-3-8-15)13-16-9-4-5-10-17(16)14-19(22)25-11-6-12-26-20(23)24/h1-5,7-10H,6,11-14H2. The molecular weight excluding hydrogens is 338 g/mol. The zero-order valence-electron chi connectivity index (χ0n) is 14.1. The Morgan fingerprint density at radius 2 is 1.50 bits per heavy atom. The van der Waals surface area contributed by atoms with Crippen molar-refractivity contribution in [2.75, 3.05) is 13.2 Å². The predicted molar refractivity (Wildman–Crippen MR) is 93.1 cm³/mol. The Balaban J connectivity index is 1.89. The van der Waals surface area contributed by atoms with Gasteiger partial charge in [-0.25, -0.2) is 0 Å². The lowest BCUT2D eigenvalue weighted by Gasteiger charge is -2.09. The second-order valence-corrected chi connectivity index (χ2v) is 5.54. The highest BCUT2D eigenvalue weighted by molar-refractivity contribution is 5.97. The van der Waals surface area contributed by atoms with E-state index in [0.29, 0.717) is 5.56 Å². The average Bonchev–Trinajstić information content (AvgIpc) is 2.63. The van der Waals surface area contributed by atoms with Crippen molar-refractivity contribution in [1.29, 1.82) is 0 Å². The van der Waals surface area contributed by atoms with E-state index >= 15 is 0 Å². The lowest BCUT2D eigenvalue weighted by Crippen LogP contribution is -2.13. The molecule has 0 amide bonds. The highest BCUT2D eigenvalue weighted by Crippen LogP contribution is 2.14. The molecule has 136 valence electrons. The van der Waals surface area contributed by atoms with Crippen molar-refractivity contribution >= 4 is 11.8 Å². The van der Waals surface area contributed by atoms with Crippen molar-refractivity contribution in [3.8, 4) is 0 Å². The Kier molecular flexibility index (Phi) is 7.30. The summed E-state index contributed by atoms with van der Waals surface area (Å²) in [6.07, 6.45) is 0.472. The summed E-state index contributed by atoms with van der Waals surface area (Å²) in [6.45, 7) is -0.0831. The number of Topliss-reactive ketones (excluding diaryl/α,β-unsaturated/α-hetero) is 1. The Bertz CT molecular complexity index is 760.